The summed E-state index contributed by atoms with van der Waals surface area (Å²) in [6, 6.07) is 0.123. The van der Waals surface area contributed by atoms with E-state index in [1.54, 1.807) is 7.11 Å². The Kier molecular flexibility index (Phi) is 22.5. The Labute approximate surface area is 227 Å². The third-order valence-electron chi connectivity index (χ3n) is 5.52. The molecule has 1 saturated carbocycles. The standard InChI is InChI=1S/C19H32N2O5.C6H12O3.C2H5N/c1-5-16(23)25-8-6-7-9-26-17(24)20-13-19(4)11-15(21-14-22)10-18(2,3)12-19;1-8-4-2-3-5-9-6-7;1-2-3/h5,14-15H,1,6-13H2,2-4H3,(H,20,24)(H,21,22);6H,2-5H2,1H3;2H,1,3H2. The first-order valence-electron chi connectivity index (χ1n) is 12.8. The van der Waals surface area contributed by atoms with E-state index in [1.807, 2.05) is 0 Å². The molecule has 1 aliphatic carbocycles. The lowest BCUT2D eigenvalue weighted by Crippen LogP contribution is -2.49. The van der Waals surface area contributed by atoms with Crippen LogP contribution in [0.2, 0.25) is 0 Å². The highest BCUT2D eigenvalue weighted by molar-refractivity contribution is 5.81. The van der Waals surface area contributed by atoms with Gasteiger partial charge in [0.1, 0.15) is 0 Å². The first-order chi connectivity index (χ1) is 18.0. The van der Waals surface area contributed by atoms with E-state index in [-0.39, 0.29) is 30.1 Å². The minimum absolute atomic E-state index is 0.0969. The molecule has 1 aliphatic rings. The summed E-state index contributed by atoms with van der Waals surface area (Å²) < 4.78 is 19.2. The number of carbonyl (C=O) groups excluding carboxylic acids is 4. The van der Waals surface area contributed by atoms with E-state index in [4.69, 9.17) is 14.2 Å². The zero-order valence-electron chi connectivity index (χ0n) is 23.6. The Balaban J connectivity index is 0. The summed E-state index contributed by atoms with van der Waals surface area (Å²) in [5, 5.41) is 5.72. The highest BCUT2D eigenvalue weighted by atomic mass is 16.5. The van der Waals surface area contributed by atoms with Crippen molar-refractivity contribution in [3.63, 3.8) is 0 Å². The molecule has 1 rings (SSSR count). The van der Waals surface area contributed by atoms with Crippen LogP contribution in [0.1, 0.15) is 65.7 Å². The fourth-order valence-corrected chi connectivity index (χ4v) is 4.40. The third-order valence-corrected chi connectivity index (χ3v) is 5.52. The van der Waals surface area contributed by atoms with Gasteiger partial charge in [-0.3, -0.25) is 9.59 Å². The number of rotatable bonds is 16. The van der Waals surface area contributed by atoms with Crippen LogP contribution in [-0.4, -0.2) is 71.1 Å². The molecule has 0 aromatic heterocycles. The molecule has 0 aromatic carbocycles. The second-order valence-corrected chi connectivity index (χ2v) is 10.0. The van der Waals surface area contributed by atoms with Crippen LogP contribution in [0.25, 0.3) is 0 Å². The Hall–Kier alpha value is -3.08. The fraction of sp³-hybridized carbons (Fsp3) is 0.704. The van der Waals surface area contributed by atoms with Gasteiger partial charge in [0.25, 0.3) is 6.47 Å². The molecule has 0 radical (unpaired) electrons. The number of methoxy groups -OCH3 is 1. The van der Waals surface area contributed by atoms with E-state index in [9.17, 15) is 19.2 Å². The van der Waals surface area contributed by atoms with Gasteiger partial charge < -0.3 is 35.3 Å². The second kappa shape index (κ2) is 23.1. The van der Waals surface area contributed by atoms with Crippen LogP contribution < -0.4 is 16.4 Å². The Morgan fingerprint density at radius 1 is 0.974 bits per heavy atom. The van der Waals surface area contributed by atoms with Crippen molar-refractivity contribution in [1.82, 2.24) is 10.6 Å². The molecule has 0 bridgehead atoms. The topological polar surface area (TPSA) is 155 Å². The number of ether oxygens (including phenoxy) is 4. The van der Waals surface area contributed by atoms with Crippen LogP contribution in [0.5, 0.6) is 0 Å². The molecule has 220 valence electrons. The number of hydrogen-bond acceptors (Lipinski definition) is 9. The molecule has 0 spiro atoms. The van der Waals surface area contributed by atoms with Crippen LogP contribution in [0.4, 0.5) is 4.79 Å². The fourth-order valence-electron chi connectivity index (χ4n) is 4.40. The molecule has 0 aliphatic heterocycles. The quantitative estimate of drug-likeness (QED) is 0.0874. The summed E-state index contributed by atoms with van der Waals surface area (Å²) in [4.78, 5) is 43.1. The van der Waals surface area contributed by atoms with Gasteiger partial charge in [-0.05, 0) is 62.0 Å². The summed E-state index contributed by atoms with van der Waals surface area (Å²) in [7, 11) is 1.65. The van der Waals surface area contributed by atoms with Crippen molar-refractivity contribution < 1.29 is 38.1 Å². The van der Waals surface area contributed by atoms with Crippen LogP contribution in [-0.2, 0) is 33.3 Å². The zero-order valence-corrected chi connectivity index (χ0v) is 23.6. The van der Waals surface area contributed by atoms with Crippen LogP contribution in [0.15, 0.2) is 25.4 Å². The molecule has 0 saturated heterocycles. The summed E-state index contributed by atoms with van der Waals surface area (Å²) in [6.07, 6.45) is 8.46. The highest BCUT2D eigenvalue weighted by Gasteiger charge is 2.41. The van der Waals surface area contributed by atoms with Gasteiger partial charge >= 0.3 is 12.1 Å². The van der Waals surface area contributed by atoms with Gasteiger partial charge in [-0.2, -0.15) is 0 Å². The Bertz CT molecular complexity index is 687. The first-order valence-corrected chi connectivity index (χ1v) is 12.8. The van der Waals surface area contributed by atoms with E-state index in [2.05, 4.69) is 55.0 Å². The van der Waals surface area contributed by atoms with Gasteiger partial charge in [0.05, 0.1) is 19.8 Å². The number of alkyl carbamates (subject to hydrolysis) is 1. The maximum atomic E-state index is 11.9. The number of nitrogens with one attached hydrogen (secondary N) is 2. The summed E-state index contributed by atoms with van der Waals surface area (Å²) in [5.74, 6) is -0.449. The molecule has 0 heterocycles. The molecule has 2 atom stereocenters. The van der Waals surface area contributed by atoms with Gasteiger partial charge in [0.2, 0.25) is 6.41 Å². The number of esters is 1. The molecule has 11 heteroatoms. The van der Waals surface area contributed by atoms with Gasteiger partial charge in [0, 0.05) is 32.4 Å². The molecule has 38 heavy (non-hydrogen) atoms. The van der Waals surface area contributed by atoms with E-state index in [1.165, 1.54) is 6.20 Å². The van der Waals surface area contributed by atoms with E-state index >= 15 is 0 Å². The van der Waals surface area contributed by atoms with Crippen LogP contribution in [0, 0.1) is 10.8 Å². The first kappa shape index (κ1) is 37.1. The largest absolute Gasteiger partial charge is 0.468 e. The molecule has 11 nitrogen and oxygen atoms in total. The minimum atomic E-state index is -0.449. The van der Waals surface area contributed by atoms with Crippen molar-refractivity contribution in [1.29, 1.82) is 0 Å². The van der Waals surface area contributed by atoms with Crippen molar-refractivity contribution in [2.24, 2.45) is 16.6 Å². The Morgan fingerprint density at radius 2 is 1.55 bits per heavy atom. The SMILES string of the molecule is C=CC(=O)OCCCCOC(=O)NCC1(C)CC(NC=O)CC(C)(C)C1.C=CN.COCCCCOC=O. The van der Waals surface area contributed by atoms with E-state index in [0.717, 1.165) is 51.2 Å². The number of unbranched alkanes of at least 4 members (excludes halogenated alkanes) is 2. The molecule has 0 aromatic rings. The van der Waals surface area contributed by atoms with E-state index < -0.39 is 12.1 Å². The normalized spacial score (nSPS) is 19.0. The van der Waals surface area contributed by atoms with Crippen molar-refractivity contribution in [3.8, 4) is 0 Å². The van der Waals surface area contributed by atoms with Crippen molar-refractivity contribution >= 4 is 24.9 Å². The average Bonchev–Trinajstić information content (AvgIpc) is 2.84. The van der Waals surface area contributed by atoms with Crippen molar-refractivity contribution in [2.45, 2.75) is 71.8 Å². The van der Waals surface area contributed by atoms with Gasteiger partial charge in [-0.15, -0.1) is 0 Å². The minimum Gasteiger partial charge on any atom is -0.468 e. The maximum absolute atomic E-state index is 11.9. The molecule has 4 N–H and O–H groups in total. The smallest absolute Gasteiger partial charge is 0.407 e. The van der Waals surface area contributed by atoms with Crippen molar-refractivity contribution in [2.75, 3.05) is 40.1 Å². The average molecular weight is 544 g/mol. The van der Waals surface area contributed by atoms with Gasteiger partial charge in [-0.25, -0.2) is 9.59 Å². The highest BCUT2D eigenvalue weighted by Crippen LogP contribution is 2.45. The lowest BCUT2D eigenvalue weighted by atomic mass is 9.62. The lowest BCUT2D eigenvalue weighted by Gasteiger charge is -2.46. The van der Waals surface area contributed by atoms with Crippen LogP contribution >= 0.6 is 0 Å². The number of hydrogen-bond donors (Lipinski definition) is 3. The number of nitrogens with two attached hydrogens (primary N) is 1. The monoisotopic (exact) mass is 543 g/mol. The van der Waals surface area contributed by atoms with E-state index in [0.29, 0.717) is 32.5 Å². The predicted octanol–water partition coefficient (Wildman–Crippen LogP) is 3.23. The van der Waals surface area contributed by atoms with Crippen molar-refractivity contribution in [3.05, 3.63) is 25.4 Å². The predicted molar refractivity (Wildman–Crippen MR) is 146 cm³/mol. The summed E-state index contributed by atoms with van der Waals surface area (Å²) in [6.45, 7) is 15.7. The maximum Gasteiger partial charge on any atom is 0.407 e. The molecule has 1 fully saturated rings. The summed E-state index contributed by atoms with van der Waals surface area (Å²) in [5.41, 5.74) is 4.61. The molecule has 2 unspecified atom stereocenters. The summed E-state index contributed by atoms with van der Waals surface area (Å²) >= 11 is 0. The molecular formula is C27H49N3O8. The van der Waals surface area contributed by atoms with Gasteiger partial charge in [0.15, 0.2) is 0 Å². The number of carbonyl (C=O) groups is 4. The van der Waals surface area contributed by atoms with Crippen LogP contribution in [0.3, 0.4) is 0 Å². The lowest BCUT2D eigenvalue weighted by molar-refractivity contribution is -0.138. The Morgan fingerprint density at radius 3 is 2.11 bits per heavy atom. The van der Waals surface area contributed by atoms with Gasteiger partial charge in [-0.1, -0.05) is 33.9 Å². The third kappa shape index (κ3) is 22.1. The second-order valence-electron chi connectivity index (χ2n) is 10.0. The molecule has 2 amide bonds. The molecular weight excluding hydrogens is 494 g/mol. The zero-order chi connectivity index (χ0) is 29.3. The number of amides is 2.